The first-order valence-electron chi connectivity index (χ1n) is 5.73. The number of rotatable bonds is 1. The lowest BCUT2D eigenvalue weighted by Crippen LogP contribution is -2.18. The number of phenols is 1. The molecule has 1 atom stereocenters. The summed E-state index contributed by atoms with van der Waals surface area (Å²) in [5.41, 5.74) is 0.914. The van der Waals surface area contributed by atoms with Gasteiger partial charge in [-0.3, -0.25) is 0 Å². The topological polar surface area (TPSA) is 47.3 Å². The Bertz CT molecular complexity index is 547. The first-order valence-corrected chi connectivity index (χ1v) is 6.53. The normalized spacial score (nSPS) is 20.9. The number of phenolic OH excluding ortho intramolecular Hbond substituents is 1. The van der Waals surface area contributed by atoms with E-state index in [4.69, 9.17) is 4.74 Å². The number of aromatic nitrogens is 2. The molecule has 1 N–H and O–H groups in total. The summed E-state index contributed by atoms with van der Waals surface area (Å²) in [5, 5.41) is 15.0. The van der Waals surface area contributed by atoms with Crippen molar-refractivity contribution in [1.82, 2.24) is 9.78 Å². The molecule has 2 heterocycles. The van der Waals surface area contributed by atoms with Crippen LogP contribution in [0.1, 0.15) is 25.5 Å². The first kappa shape index (κ1) is 11.0. The highest BCUT2D eigenvalue weighted by molar-refractivity contribution is 9.10. The SMILES string of the molecule is Oc1c(Br)ccc2c1cnn2C1CCCCO1. The Balaban J connectivity index is 2.08. The van der Waals surface area contributed by atoms with E-state index in [0.717, 1.165) is 36.8 Å². The fourth-order valence-electron chi connectivity index (χ4n) is 2.23. The van der Waals surface area contributed by atoms with Crippen LogP contribution in [0.4, 0.5) is 0 Å². The summed E-state index contributed by atoms with van der Waals surface area (Å²) in [7, 11) is 0. The average Bonchev–Trinajstić information content (AvgIpc) is 2.79. The van der Waals surface area contributed by atoms with E-state index in [0.29, 0.717) is 4.47 Å². The van der Waals surface area contributed by atoms with Gasteiger partial charge in [0.25, 0.3) is 0 Å². The minimum absolute atomic E-state index is 0.00169. The smallest absolute Gasteiger partial charge is 0.150 e. The van der Waals surface area contributed by atoms with Crippen molar-refractivity contribution < 1.29 is 9.84 Å². The maximum atomic E-state index is 9.93. The van der Waals surface area contributed by atoms with Crippen molar-refractivity contribution in [3.05, 3.63) is 22.8 Å². The number of ether oxygens (including phenoxy) is 1. The van der Waals surface area contributed by atoms with Crippen LogP contribution in [-0.4, -0.2) is 21.5 Å². The molecule has 1 aliphatic rings. The minimum atomic E-state index is 0.00169. The number of aromatic hydroxyl groups is 1. The van der Waals surface area contributed by atoms with Crippen LogP contribution in [0.25, 0.3) is 10.9 Å². The van der Waals surface area contributed by atoms with Crippen LogP contribution in [0.15, 0.2) is 22.8 Å². The number of benzene rings is 1. The summed E-state index contributed by atoms with van der Waals surface area (Å²) in [6, 6.07) is 3.78. The molecule has 1 saturated heterocycles. The lowest BCUT2D eigenvalue weighted by molar-refractivity contribution is -0.0366. The molecule has 1 aromatic heterocycles. The molecule has 0 spiro atoms. The second-order valence-electron chi connectivity index (χ2n) is 4.24. The van der Waals surface area contributed by atoms with Gasteiger partial charge in [0.2, 0.25) is 0 Å². The van der Waals surface area contributed by atoms with Crippen molar-refractivity contribution in [2.75, 3.05) is 6.61 Å². The Morgan fingerprint density at radius 1 is 1.41 bits per heavy atom. The summed E-state index contributed by atoms with van der Waals surface area (Å²) >= 11 is 3.30. The summed E-state index contributed by atoms with van der Waals surface area (Å²) < 4.78 is 8.26. The Morgan fingerprint density at radius 2 is 2.29 bits per heavy atom. The molecule has 1 aromatic carbocycles. The third kappa shape index (κ3) is 1.83. The molecule has 0 aliphatic carbocycles. The van der Waals surface area contributed by atoms with E-state index in [-0.39, 0.29) is 12.0 Å². The second-order valence-corrected chi connectivity index (χ2v) is 5.09. The van der Waals surface area contributed by atoms with E-state index in [1.54, 1.807) is 6.20 Å². The van der Waals surface area contributed by atoms with Crippen LogP contribution < -0.4 is 0 Å². The molecular formula is C12H13BrN2O2. The molecule has 0 radical (unpaired) electrons. The van der Waals surface area contributed by atoms with Gasteiger partial charge in [0.1, 0.15) is 5.75 Å². The van der Waals surface area contributed by atoms with Gasteiger partial charge < -0.3 is 9.84 Å². The molecule has 1 unspecified atom stereocenters. The Labute approximate surface area is 107 Å². The summed E-state index contributed by atoms with van der Waals surface area (Å²) in [6.45, 7) is 0.786. The predicted octanol–water partition coefficient (Wildman–Crippen LogP) is 3.20. The first-order chi connectivity index (χ1) is 8.27. The van der Waals surface area contributed by atoms with Gasteiger partial charge >= 0.3 is 0 Å². The van der Waals surface area contributed by atoms with Gasteiger partial charge in [-0.1, -0.05) is 0 Å². The molecular weight excluding hydrogens is 284 g/mol. The number of halogens is 1. The Morgan fingerprint density at radius 3 is 3.06 bits per heavy atom. The fourth-order valence-corrected chi connectivity index (χ4v) is 2.57. The van der Waals surface area contributed by atoms with E-state index in [1.165, 1.54) is 0 Å². The molecule has 0 saturated carbocycles. The second kappa shape index (κ2) is 4.31. The van der Waals surface area contributed by atoms with Crippen molar-refractivity contribution in [2.24, 2.45) is 0 Å². The largest absolute Gasteiger partial charge is 0.506 e. The number of nitrogens with zero attached hydrogens (tertiary/aromatic N) is 2. The number of hydrogen-bond donors (Lipinski definition) is 1. The van der Waals surface area contributed by atoms with Crippen molar-refractivity contribution in [3.8, 4) is 5.75 Å². The molecule has 3 rings (SSSR count). The zero-order valence-electron chi connectivity index (χ0n) is 9.27. The van der Waals surface area contributed by atoms with Crippen LogP contribution in [0.3, 0.4) is 0 Å². The predicted molar refractivity (Wildman–Crippen MR) is 67.9 cm³/mol. The van der Waals surface area contributed by atoms with Crippen LogP contribution in [0.2, 0.25) is 0 Å². The van der Waals surface area contributed by atoms with Crippen LogP contribution in [-0.2, 0) is 4.74 Å². The molecule has 2 aromatic rings. The Kier molecular flexibility index (Phi) is 2.80. The summed E-state index contributed by atoms with van der Waals surface area (Å²) in [5.74, 6) is 0.240. The van der Waals surface area contributed by atoms with Crippen molar-refractivity contribution in [1.29, 1.82) is 0 Å². The van der Waals surface area contributed by atoms with Crippen LogP contribution in [0, 0.1) is 0 Å². The molecule has 5 heteroatoms. The average molecular weight is 297 g/mol. The highest BCUT2D eigenvalue weighted by atomic mass is 79.9. The van der Waals surface area contributed by atoms with E-state index in [9.17, 15) is 5.11 Å². The zero-order chi connectivity index (χ0) is 11.8. The number of hydrogen-bond acceptors (Lipinski definition) is 3. The van der Waals surface area contributed by atoms with Crippen LogP contribution in [0.5, 0.6) is 5.75 Å². The third-order valence-electron chi connectivity index (χ3n) is 3.13. The molecule has 0 amide bonds. The highest BCUT2D eigenvalue weighted by Gasteiger charge is 2.19. The molecule has 17 heavy (non-hydrogen) atoms. The van der Waals surface area contributed by atoms with E-state index in [1.807, 2.05) is 16.8 Å². The van der Waals surface area contributed by atoms with E-state index in [2.05, 4.69) is 21.0 Å². The van der Waals surface area contributed by atoms with Gasteiger partial charge in [-0.2, -0.15) is 5.10 Å². The van der Waals surface area contributed by atoms with E-state index >= 15 is 0 Å². The fraction of sp³-hybridized carbons (Fsp3) is 0.417. The summed E-state index contributed by atoms with van der Waals surface area (Å²) in [6.07, 6.45) is 4.95. The quantitative estimate of drug-likeness (QED) is 0.879. The molecule has 1 fully saturated rings. The number of fused-ring (bicyclic) bond motifs is 1. The van der Waals surface area contributed by atoms with Gasteiger partial charge in [0.15, 0.2) is 6.23 Å². The maximum Gasteiger partial charge on any atom is 0.150 e. The molecule has 90 valence electrons. The Hall–Kier alpha value is -1.07. The van der Waals surface area contributed by atoms with Gasteiger partial charge in [0.05, 0.1) is 21.6 Å². The summed E-state index contributed by atoms with van der Waals surface area (Å²) in [4.78, 5) is 0. The standard InChI is InChI=1S/C12H13BrN2O2/c13-9-4-5-10-8(12(9)16)7-14-15(10)11-3-1-2-6-17-11/h4-5,7,11,16H,1-3,6H2. The van der Waals surface area contributed by atoms with Gasteiger partial charge in [-0.05, 0) is 47.3 Å². The van der Waals surface area contributed by atoms with Crippen LogP contribution >= 0.6 is 15.9 Å². The maximum absolute atomic E-state index is 9.93. The zero-order valence-corrected chi connectivity index (χ0v) is 10.9. The minimum Gasteiger partial charge on any atom is -0.506 e. The monoisotopic (exact) mass is 296 g/mol. The molecule has 1 aliphatic heterocycles. The van der Waals surface area contributed by atoms with Gasteiger partial charge in [-0.25, -0.2) is 4.68 Å². The third-order valence-corrected chi connectivity index (χ3v) is 3.77. The van der Waals surface area contributed by atoms with Gasteiger partial charge in [-0.15, -0.1) is 0 Å². The van der Waals surface area contributed by atoms with E-state index < -0.39 is 0 Å². The van der Waals surface area contributed by atoms with Crippen molar-refractivity contribution in [2.45, 2.75) is 25.5 Å². The lowest BCUT2D eigenvalue weighted by Gasteiger charge is -2.23. The lowest BCUT2D eigenvalue weighted by atomic mass is 10.2. The van der Waals surface area contributed by atoms with Gasteiger partial charge in [0, 0.05) is 6.61 Å². The molecule has 0 bridgehead atoms. The highest BCUT2D eigenvalue weighted by Crippen LogP contribution is 2.34. The molecule has 4 nitrogen and oxygen atoms in total. The van der Waals surface area contributed by atoms with Crippen molar-refractivity contribution in [3.63, 3.8) is 0 Å². The van der Waals surface area contributed by atoms with Crippen molar-refractivity contribution >= 4 is 26.8 Å².